The first kappa shape index (κ1) is 25.8. The summed E-state index contributed by atoms with van der Waals surface area (Å²) in [4.78, 5) is 17.1. The quantitative estimate of drug-likeness (QED) is 0.315. The number of carboxylic acid groups (broad SMARTS) is 1. The molecule has 1 saturated carbocycles. The Morgan fingerprint density at radius 2 is 1.63 bits per heavy atom. The van der Waals surface area contributed by atoms with Crippen LogP contribution in [0.1, 0.15) is 86.0 Å². The van der Waals surface area contributed by atoms with Gasteiger partial charge < -0.3 is 19.5 Å². The summed E-state index contributed by atoms with van der Waals surface area (Å²) >= 11 is 6.60. The first-order chi connectivity index (χ1) is 18.6. The minimum absolute atomic E-state index is 0.364. The third kappa shape index (κ3) is 5.08. The molecule has 3 aromatic rings. The number of hydrogen-bond donors (Lipinski definition) is 1. The molecule has 3 aliphatic rings. The summed E-state index contributed by atoms with van der Waals surface area (Å²) in [7, 11) is 0. The van der Waals surface area contributed by atoms with Crippen LogP contribution in [0.5, 0.6) is 0 Å². The number of benzene rings is 2. The fraction of sp³-hybridized carbons (Fsp3) is 0.531. The molecule has 0 bridgehead atoms. The normalized spacial score (nSPS) is 18.8. The Morgan fingerprint density at radius 3 is 2.42 bits per heavy atom. The van der Waals surface area contributed by atoms with Gasteiger partial charge in [-0.25, -0.2) is 4.79 Å². The number of halogens is 1. The fourth-order valence-electron chi connectivity index (χ4n) is 7.20. The number of aromatic carboxylic acids is 1. The number of hydrogen-bond acceptors (Lipinski definition) is 3. The monoisotopic (exact) mass is 533 g/mol. The van der Waals surface area contributed by atoms with Gasteiger partial charge in [-0.1, -0.05) is 43.4 Å². The van der Waals surface area contributed by atoms with Gasteiger partial charge in [-0.05, 0) is 100.0 Å². The number of nitrogens with zero attached hydrogens (tertiary/aromatic N) is 3. The molecule has 0 amide bonds. The standard InChI is InChI=1S/C32H40ClN3O2/c33-25-12-14-27-28(22-25)35(18-8-7-17-34-15-5-2-6-16-34)19-20-36-29-21-24(32(37)38)11-13-26(29)30(31(27)36)23-9-3-1-4-10-23/h11-14,21-23H,1-10,15-20H2,(H,37,38). The lowest BCUT2D eigenvalue weighted by Gasteiger charge is -2.28. The van der Waals surface area contributed by atoms with Gasteiger partial charge in [0.1, 0.15) is 0 Å². The minimum atomic E-state index is -0.863. The molecule has 0 spiro atoms. The maximum Gasteiger partial charge on any atom is 0.335 e. The Hall–Kier alpha value is -2.50. The van der Waals surface area contributed by atoms with Crippen molar-refractivity contribution in [3.8, 4) is 11.3 Å². The van der Waals surface area contributed by atoms with E-state index in [4.69, 9.17) is 11.6 Å². The van der Waals surface area contributed by atoms with E-state index in [2.05, 4.69) is 32.6 Å². The van der Waals surface area contributed by atoms with Gasteiger partial charge >= 0.3 is 5.97 Å². The molecule has 1 aromatic heterocycles. The van der Waals surface area contributed by atoms with Gasteiger partial charge in [0.2, 0.25) is 0 Å². The topological polar surface area (TPSA) is 48.7 Å². The molecule has 6 heteroatoms. The van der Waals surface area contributed by atoms with Crippen LogP contribution in [0, 0.1) is 0 Å². The number of carbonyl (C=O) groups is 1. The number of likely N-dealkylation sites (tertiary alicyclic amines) is 1. The predicted molar refractivity (Wildman–Crippen MR) is 157 cm³/mol. The number of piperidine rings is 1. The number of fused-ring (bicyclic) bond motifs is 5. The molecule has 0 atom stereocenters. The fourth-order valence-corrected chi connectivity index (χ4v) is 7.36. The molecule has 2 fully saturated rings. The first-order valence-electron chi connectivity index (χ1n) is 14.8. The highest BCUT2D eigenvalue weighted by Crippen LogP contribution is 2.48. The van der Waals surface area contributed by atoms with E-state index in [9.17, 15) is 9.90 Å². The maximum absolute atomic E-state index is 11.9. The van der Waals surface area contributed by atoms with E-state index in [0.29, 0.717) is 11.5 Å². The number of unbranched alkanes of at least 4 members (excludes halogenated alkanes) is 1. The molecule has 2 aromatic carbocycles. The Balaban J connectivity index is 1.37. The largest absolute Gasteiger partial charge is 0.478 e. The van der Waals surface area contributed by atoms with E-state index < -0.39 is 5.97 Å². The Labute approximate surface area is 231 Å². The Kier molecular flexibility index (Phi) is 7.67. The first-order valence-corrected chi connectivity index (χ1v) is 15.1. The lowest BCUT2D eigenvalue weighted by atomic mass is 9.81. The average Bonchev–Trinajstić information content (AvgIpc) is 3.18. The zero-order valence-electron chi connectivity index (χ0n) is 22.4. The van der Waals surface area contributed by atoms with Crippen LogP contribution in [-0.2, 0) is 6.54 Å². The van der Waals surface area contributed by atoms with Crippen molar-refractivity contribution >= 4 is 34.2 Å². The summed E-state index contributed by atoms with van der Waals surface area (Å²) in [5.74, 6) is -0.351. The zero-order valence-corrected chi connectivity index (χ0v) is 23.2. The molecule has 1 N–H and O–H groups in total. The zero-order chi connectivity index (χ0) is 26.1. The van der Waals surface area contributed by atoms with Crippen LogP contribution in [0.4, 0.5) is 5.69 Å². The second-order valence-corrected chi connectivity index (χ2v) is 12.0. The lowest BCUT2D eigenvalue weighted by Crippen LogP contribution is -2.32. The molecule has 3 heterocycles. The summed E-state index contributed by atoms with van der Waals surface area (Å²) in [5.41, 5.74) is 6.62. The highest BCUT2D eigenvalue weighted by molar-refractivity contribution is 6.31. The number of carboxylic acids is 1. The molecular weight excluding hydrogens is 494 g/mol. The van der Waals surface area contributed by atoms with E-state index in [1.54, 1.807) is 6.07 Å². The second-order valence-electron chi connectivity index (χ2n) is 11.5. The molecular formula is C32H40ClN3O2. The van der Waals surface area contributed by atoms with Crippen molar-refractivity contribution in [3.63, 3.8) is 0 Å². The number of aromatic nitrogens is 1. The average molecular weight is 534 g/mol. The van der Waals surface area contributed by atoms with Gasteiger partial charge in [0.05, 0.1) is 11.3 Å². The second kappa shape index (κ2) is 11.3. The molecule has 1 aliphatic carbocycles. The summed E-state index contributed by atoms with van der Waals surface area (Å²) in [6.07, 6.45) is 12.7. The molecule has 2 aliphatic heterocycles. The molecule has 38 heavy (non-hydrogen) atoms. The van der Waals surface area contributed by atoms with Gasteiger partial charge in [0.25, 0.3) is 0 Å². The van der Waals surface area contributed by atoms with Crippen LogP contribution < -0.4 is 4.90 Å². The van der Waals surface area contributed by atoms with Crippen molar-refractivity contribution in [2.24, 2.45) is 0 Å². The predicted octanol–water partition coefficient (Wildman–Crippen LogP) is 7.79. The van der Waals surface area contributed by atoms with Crippen LogP contribution in [0.25, 0.3) is 22.2 Å². The highest BCUT2D eigenvalue weighted by Gasteiger charge is 2.30. The summed E-state index contributed by atoms with van der Waals surface area (Å²) < 4.78 is 2.42. The lowest BCUT2D eigenvalue weighted by molar-refractivity contribution is 0.0697. The summed E-state index contributed by atoms with van der Waals surface area (Å²) in [5, 5.41) is 11.8. The van der Waals surface area contributed by atoms with Crippen molar-refractivity contribution < 1.29 is 9.90 Å². The van der Waals surface area contributed by atoms with Crippen LogP contribution in [0.15, 0.2) is 36.4 Å². The third-order valence-corrected chi connectivity index (χ3v) is 9.35. The van der Waals surface area contributed by atoms with E-state index in [1.807, 2.05) is 12.1 Å². The van der Waals surface area contributed by atoms with Crippen molar-refractivity contribution in [2.75, 3.05) is 37.6 Å². The number of rotatable bonds is 7. The number of anilines is 1. The highest BCUT2D eigenvalue weighted by atomic mass is 35.5. The SMILES string of the molecule is O=C(O)c1ccc2c(C3CCCCC3)c3n(c2c1)CCN(CCCCN1CCCCC1)c1cc(Cl)ccc1-3. The van der Waals surface area contributed by atoms with Crippen LogP contribution in [-0.4, -0.2) is 53.3 Å². The molecule has 202 valence electrons. The Morgan fingerprint density at radius 1 is 0.868 bits per heavy atom. The van der Waals surface area contributed by atoms with E-state index in [-0.39, 0.29) is 0 Å². The smallest absolute Gasteiger partial charge is 0.335 e. The van der Waals surface area contributed by atoms with E-state index >= 15 is 0 Å². The van der Waals surface area contributed by atoms with Gasteiger partial charge in [0, 0.05) is 46.8 Å². The van der Waals surface area contributed by atoms with Crippen LogP contribution >= 0.6 is 11.6 Å². The van der Waals surface area contributed by atoms with Crippen molar-refractivity contribution in [1.29, 1.82) is 0 Å². The molecule has 6 rings (SSSR count). The van der Waals surface area contributed by atoms with Gasteiger partial charge in [-0.2, -0.15) is 0 Å². The van der Waals surface area contributed by atoms with Gasteiger partial charge in [-0.15, -0.1) is 0 Å². The van der Waals surface area contributed by atoms with Gasteiger partial charge in [-0.3, -0.25) is 0 Å². The Bertz CT molecular complexity index is 1300. The summed E-state index contributed by atoms with van der Waals surface area (Å²) in [6, 6.07) is 12.1. The van der Waals surface area contributed by atoms with E-state index in [0.717, 1.165) is 36.6 Å². The van der Waals surface area contributed by atoms with Crippen LogP contribution in [0.2, 0.25) is 5.02 Å². The van der Waals surface area contributed by atoms with Crippen molar-refractivity contribution in [3.05, 3.63) is 52.5 Å². The van der Waals surface area contributed by atoms with E-state index in [1.165, 1.54) is 105 Å². The van der Waals surface area contributed by atoms with Crippen LogP contribution in [0.3, 0.4) is 0 Å². The maximum atomic E-state index is 11.9. The molecule has 0 radical (unpaired) electrons. The van der Waals surface area contributed by atoms with Crippen molar-refractivity contribution in [2.45, 2.75) is 76.7 Å². The minimum Gasteiger partial charge on any atom is -0.478 e. The van der Waals surface area contributed by atoms with Crippen molar-refractivity contribution in [1.82, 2.24) is 9.47 Å². The molecule has 1 saturated heterocycles. The summed E-state index contributed by atoms with van der Waals surface area (Å²) in [6.45, 7) is 6.48. The molecule has 0 unspecified atom stereocenters. The third-order valence-electron chi connectivity index (χ3n) is 9.11. The molecule has 5 nitrogen and oxygen atoms in total. The van der Waals surface area contributed by atoms with Gasteiger partial charge in [0.15, 0.2) is 0 Å².